The molecule has 8 heteroatoms. The molecule has 0 saturated carbocycles. The first kappa shape index (κ1) is 31.8. The second kappa shape index (κ2) is 14.9. The van der Waals surface area contributed by atoms with Crippen LogP contribution in [0.1, 0.15) is 106 Å². The molecule has 0 bridgehead atoms. The van der Waals surface area contributed by atoms with Crippen molar-refractivity contribution >= 4 is 57.4 Å². The van der Waals surface area contributed by atoms with E-state index in [0.717, 1.165) is 40.7 Å². The van der Waals surface area contributed by atoms with Gasteiger partial charge in [-0.1, -0.05) is 31.2 Å². The van der Waals surface area contributed by atoms with Crippen molar-refractivity contribution in [1.29, 1.82) is 0 Å². The van der Waals surface area contributed by atoms with Gasteiger partial charge in [0.1, 0.15) is 28.9 Å². The zero-order valence-corrected chi connectivity index (χ0v) is 25.4. The van der Waals surface area contributed by atoms with Crippen molar-refractivity contribution in [3.8, 4) is 0 Å². The Hall–Kier alpha value is -3.13. The fraction of sp³-hybridized carbons (Fsp3) is 0.529. The molecule has 224 valence electrons. The minimum absolute atomic E-state index is 0.0434. The van der Waals surface area contributed by atoms with Crippen LogP contribution >= 0.6 is 11.8 Å². The number of rotatable bonds is 6. The Bertz CT molecular complexity index is 1370. The maximum atomic E-state index is 14.0. The topological polar surface area (TPSA) is 106 Å². The average molecular weight is 592 g/mol. The normalized spacial score (nSPS) is 21.8. The summed E-state index contributed by atoms with van der Waals surface area (Å²) in [5, 5.41) is 1.91. The van der Waals surface area contributed by atoms with Crippen LogP contribution < -0.4 is 0 Å². The summed E-state index contributed by atoms with van der Waals surface area (Å²) in [4.78, 5) is 79.4. The van der Waals surface area contributed by atoms with Crippen molar-refractivity contribution in [2.24, 2.45) is 0 Å². The number of carbonyl (C=O) groups excluding carboxylic acids is 6. The third-order valence-electron chi connectivity index (χ3n) is 8.44. The molecule has 2 heterocycles. The number of nitrogens with zero attached hydrogens (tertiary/aromatic N) is 1. The van der Waals surface area contributed by atoms with E-state index < -0.39 is 5.54 Å². The maximum absolute atomic E-state index is 14.0. The molecule has 0 aromatic heterocycles. The molecule has 2 aromatic carbocycles. The third-order valence-corrected chi connectivity index (χ3v) is 9.72. The summed E-state index contributed by atoms with van der Waals surface area (Å²) in [6.07, 6.45) is 3.03. The molecule has 2 aliphatic heterocycles. The Labute approximate surface area is 252 Å². The molecule has 1 saturated heterocycles. The standard InChI is InChI=1S/C34H41NO6S/c1-2-19-42-20-5-17-34-23-30(40)15-14-28(38)11-10-26(36)8-9-27(37)12-13-29(39)16-18-35(34)33(41)31-21-24-6-3-4-7-25(24)22-32(31)34/h3-4,6-7,21-22H,2,5,8-20,23H2,1H3. The summed E-state index contributed by atoms with van der Waals surface area (Å²) in [6.45, 7) is 2.29. The first-order valence-corrected chi connectivity index (χ1v) is 16.4. The molecular formula is C34H41NO6S. The van der Waals surface area contributed by atoms with Gasteiger partial charge in [-0.15, -0.1) is 0 Å². The summed E-state index contributed by atoms with van der Waals surface area (Å²) in [7, 11) is 0. The summed E-state index contributed by atoms with van der Waals surface area (Å²) < 4.78 is 0. The molecule has 0 radical (unpaired) electrons. The van der Waals surface area contributed by atoms with Gasteiger partial charge in [-0.05, 0) is 59.2 Å². The molecule has 1 atom stereocenters. The van der Waals surface area contributed by atoms with Crippen LogP contribution in [-0.4, -0.2) is 57.8 Å². The van der Waals surface area contributed by atoms with Crippen molar-refractivity contribution in [2.45, 2.75) is 95.9 Å². The summed E-state index contributed by atoms with van der Waals surface area (Å²) >= 11 is 1.85. The summed E-state index contributed by atoms with van der Waals surface area (Å²) in [5.74, 6) is 1.07. The molecule has 2 aliphatic rings. The van der Waals surface area contributed by atoms with E-state index in [1.54, 1.807) is 4.90 Å². The van der Waals surface area contributed by atoms with Crippen LogP contribution in [0.5, 0.6) is 0 Å². The Morgan fingerprint density at radius 3 is 1.79 bits per heavy atom. The van der Waals surface area contributed by atoms with Gasteiger partial charge in [-0.3, -0.25) is 28.8 Å². The second-order valence-electron chi connectivity index (χ2n) is 11.6. The number of ketones is 5. The molecule has 42 heavy (non-hydrogen) atoms. The van der Waals surface area contributed by atoms with Gasteiger partial charge >= 0.3 is 0 Å². The Morgan fingerprint density at radius 1 is 0.690 bits per heavy atom. The number of thioether (sulfide) groups is 1. The molecule has 0 N–H and O–H groups in total. The number of amides is 1. The Morgan fingerprint density at radius 2 is 1.21 bits per heavy atom. The van der Waals surface area contributed by atoms with E-state index in [9.17, 15) is 28.8 Å². The highest BCUT2D eigenvalue weighted by Gasteiger charge is 2.50. The second-order valence-corrected chi connectivity index (χ2v) is 12.8. The molecule has 1 fully saturated rings. The zero-order chi connectivity index (χ0) is 30.1. The lowest BCUT2D eigenvalue weighted by molar-refractivity contribution is -0.128. The number of benzene rings is 2. The van der Waals surface area contributed by atoms with Crippen LogP contribution in [0, 0.1) is 0 Å². The maximum Gasteiger partial charge on any atom is 0.254 e. The van der Waals surface area contributed by atoms with Gasteiger partial charge < -0.3 is 4.90 Å². The van der Waals surface area contributed by atoms with Gasteiger partial charge in [0, 0.05) is 76.3 Å². The molecule has 0 aliphatic carbocycles. The largest absolute Gasteiger partial charge is 0.328 e. The van der Waals surface area contributed by atoms with Gasteiger partial charge in [0.05, 0.1) is 5.54 Å². The fourth-order valence-corrected chi connectivity index (χ4v) is 6.97. The molecule has 7 nitrogen and oxygen atoms in total. The number of carbonyl (C=O) groups is 6. The summed E-state index contributed by atoms with van der Waals surface area (Å²) in [5.41, 5.74) is 0.459. The Kier molecular flexibility index (Phi) is 11.2. The van der Waals surface area contributed by atoms with Gasteiger partial charge in [0.2, 0.25) is 0 Å². The van der Waals surface area contributed by atoms with Crippen molar-refractivity contribution in [2.75, 3.05) is 18.1 Å². The van der Waals surface area contributed by atoms with E-state index in [1.807, 2.05) is 48.2 Å². The van der Waals surface area contributed by atoms with Gasteiger partial charge in [0.15, 0.2) is 0 Å². The molecule has 0 spiro atoms. The lowest BCUT2D eigenvalue weighted by Gasteiger charge is -2.39. The van der Waals surface area contributed by atoms with Crippen LogP contribution in [0.4, 0.5) is 0 Å². The monoisotopic (exact) mass is 591 g/mol. The van der Waals surface area contributed by atoms with Gasteiger partial charge in [-0.25, -0.2) is 0 Å². The van der Waals surface area contributed by atoms with Crippen LogP contribution in [0.2, 0.25) is 0 Å². The highest BCUT2D eigenvalue weighted by atomic mass is 32.2. The zero-order valence-electron chi connectivity index (χ0n) is 24.6. The van der Waals surface area contributed by atoms with E-state index in [1.165, 1.54) is 0 Å². The Balaban J connectivity index is 1.71. The quantitative estimate of drug-likeness (QED) is 0.370. The SMILES string of the molecule is CCCSCCCC12CC(=O)CCC(=O)CCC(=O)CCC(=O)CCC(=O)CCN1C(=O)c1cc3ccccc3cc12. The predicted molar refractivity (Wildman–Crippen MR) is 165 cm³/mol. The van der Waals surface area contributed by atoms with Crippen LogP contribution in [0.25, 0.3) is 10.8 Å². The first-order chi connectivity index (χ1) is 20.2. The first-order valence-electron chi connectivity index (χ1n) is 15.2. The van der Waals surface area contributed by atoms with E-state index in [-0.39, 0.29) is 106 Å². The summed E-state index contributed by atoms with van der Waals surface area (Å²) in [6, 6.07) is 11.8. The van der Waals surface area contributed by atoms with E-state index in [4.69, 9.17) is 0 Å². The molecule has 1 amide bonds. The number of Topliss-reactive ketones (excluding diaryl/α,β-unsaturated/α-hetero) is 5. The molecular weight excluding hydrogens is 550 g/mol. The minimum Gasteiger partial charge on any atom is -0.328 e. The van der Waals surface area contributed by atoms with E-state index in [0.29, 0.717) is 12.0 Å². The van der Waals surface area contributed by atoms with Gasteiger partial charge in [-0.2, -0.15) is 11.8 Å². The third kappa shape index (κ3) is 7.82. The predicted octanol–water partition coefficient (Wildman–Crippen LogP) is 6.17. The smallest absolute Gasteiger partial charge is 0.254 e. The fourth-order valence-electron chi connectivity index (χ4n) is 6.13. The van der Waals surface area contributed by atoms with Gasteiger partial charge in [0.25, 0.3) is 5.91 Å². The van der Waals surface area contributed by atoms with Crippen molar-refractivity contribution in [3.63, 3.8) is 0 Å². The lowest BCUT2D eigenvalue weighted by Crippen LogP contribution is -2.46. The average Bonchev–Trinajstić information content (AvgIpc) is 3.19. The number of fused-ring (bicyclic) bond motifs is 4. The molecule has 1 unspecified atom stereocenters. The van der Waals surface area contributed by atoms with Crippen molar-refractivity contribution < 1.29 is 28.8 Å². The lowest BCUT2D eigenvalue weighted by atomic mass is 9.79. The highest BCUT2D eigenvalue weighted by molar-refractivity contribution is 7.99. The van der Waals surface area contributed by atoms with Crippen molar-refractivity contribution in [1.82, 2.24) is 4.90 Å². The van der Waals surface area contributed by atoms with Crippen LogP contribution in [0.3, 0.4) is 0 Å². The molecule has 4 rings (SSSR count). The van der Waals surface area contributed by atoms with Crippen LogP contribution in [-0.2, 0) is 29.5 Å². The van der Waals surface area contributed by atoms with E-state index in [2.05, 4.69) is 6.92 Å². The highest BCUT2D eigenvalue weighted by Crippen LogP contribution is 2.47. The number of hydrogen-bond acceptors (Lipinski definition) is 7. The van der Waals surface area contributed by atoms with E-state index >= 15 is 0 Å². The van der Waals surface area contributed by atoms with Crippen LogP contribution in [0.15, 0.2) is 36.4 Å². The molecule has 2 aromatic rings. The number of hydrogen-bond donors (Lipinski definition) is 0. The minimum atomic E-state index is -0.916. The van der Waals surface area contributed by atoms with Crippen molar-refractivity contribution in [3.05, 3.63) is 47.5 Å².